The van der Waals surface area contributed by atoms with Gasteiger partial charge in [0.25, 0.3) is 0 Å². The summed E-state index contributed by atoms with van der Waals surface area (Å²) in [6, 6.07) is 0. The van der Waals surface area contributed by atoms with E-state index in [1.807, 2.05) is 6.08 Å². The highest BCUT2D eigenvalue weighted by Gasteiger charge is 2.19. The number of carbonyl (C=O) groups excluding carboxylic acids is 3. The summed E-state index contributed by atoms with van der Waals surface area (Å²) in [5.41, 5.74) is 0. The lowest BCUT2D eigenvalue weighted by atomic mass is 10.0. The number of carbonyl (C=O) groups is 3. The maximum atomic E-state index is 12.8. The lowest BCUT2D eigenvalue weighted by Crippen LogP contribution is -2.30. The summed E-state index contributed by atoms with van der Waals surface area (Å²) in [6.07, 6.45) is 85.2. The van der Waals surface area contributed by atoms with E-state index in [-0.39, 0.29) is 31.6 Å². The molecule has 0 radical (unpaired) electrons. The molecule has 0 amide bonds. The maximum Gasteiger partial charge on any atom is 0.310 e. The summed E-state index contributed by atoms with van der Waals surface area (Å²) in [5.74, 6) is -1.06. The van der Waals surface area contributed by atoms with Gasteiger partial charge in [-0.05, 0) is 109 Å². The van der Waals surface area contributed by atoms with Crippen LogP contribution in [0.3, 0.4) is 0 Å². The molecule has 0 aromatic heterocycles. The smallest absolute Gasteiger partial charge is 0.310 e. The molecule has 0 spiro atoms. The third-order valence-corrected chi connectivity index (χ3v) is 12.7. The van der Waals surface area contributed by atoms with Gasteiger partial charge in [-0.15, -0.1) is 0 Å². The average Bonchev–Trinajstić information content (AvgIpc) is 3.40. The predicted octanol–water partition coefficient (Wildman–Crippen LogP) is 20.8. The zero-order chi connectivity index (χ0) is 53.6. The zero-order valence-electron chi connectivity index (χ0n) is 48.1. The Morgan fingerprint density at radius 2 is 0.568 bits per heavy atom. The molecule has 0 aliphatic carbocycles. The van der Waals surface area contributed by atoms with E-state index in [0.717, 1.165) is 109 Å². The molecule has 420 valence electrons. The molecule has 0 aliphatic rings. The molecule has 0 N–H and O–H groups in total. The number of esters is 3. The van der Waals surface area contributed by atoms with Crippen LogP contribution in [0.25, 0.3) is 0 Å². The molecule has 6 heteroatoms. The monoisotopic (exact) mass is 1020 g/mol. The first-order valence-electron chi connectivity index (χ1n) is 30.5. The highest BCUT2D eigenvalue weighted by molar-refractivity contribution is 5.72. The van der Waals surface area contributed by atoms with Gasteiger partial charge >= 0.3 is 17.9 Å². The minimum Gasteiger partial charge on any atom is -0.462 e. The van der Waals surface area contributed by atoms with Crippen LogP contribution in [0, 0.1) is 0 Å². The van der Waals surface area contributed by atoms with Crippen molar-refractivity contribution in [2.75, 3.05) is 13.2 Å². The van der Waals surface area contributed by atoms with Gasteiger partial charge in [0, 0.05) is 12.8 Å². The van der Waals surface area contributed by atoms with Crippen LogP contribution in [0.5, 0.6) is 0 Å². The first-order chi connectivity index (χ1) is 36.5. The molecule has 0 saturated heterocycles. The standard InChI is InChI=1S/C68H112O6/c1-4-7-10-13-16-19-22-25-28-29-30-31-32-33-34-35-36-37-38-39-41-43-46-49-52-55-58-61-67(70)73-64-65(63-72-66(69)60-57-54-51-48-45-42-27-24-21-18-15-12-9-6-3)74-68(71)62-59-56-53-50-47-44-40-26-23-20-17-14-11-8-5-2/h7-8,10-11,16-17,19-20,24-28,30-31,40,47,50,56,59,65H,4-6,9,12-15,18,21-23,29,32-39,41-46,48-49,51-55,57-58,60-64H2,1-3H3/b10-7-,11-8-,19-16-,20-17-,27-24-,28-25-,31-30-,40-26-,50-47-,59-56-. The van der Waals surface area contributed by atoms with Crippen molar-refractivity contribution in [3.63, 3.8) is 0 Å². The van der Waals surface area contributed by atoms with Gasteiger partial charge in [-0.2, -0.15) is 0 Å². The van der Waals surface area contributed by atoms with Crippen molar-refractivity contribution in [3.8, 4) is 0 Å². The molecule has 0 fully saturated rings. The van der Waals surface area contributed by atoms with Crippen molar-refractivity contribution in [2.45, 2.75) is 277 Å². The SMILES string of the molecule is CC/C=C\C/C=C\C/C=C\C/C=C\C/C=C\CC(=O)OC(COC(=O)CCCCCCC/C=C\CCCCCCC)COC(=O)CCCCCCCCCCCCCCCC/C=C\C/C=C\C/C=C\C/C=C\CC. The van der Waals surface area contributed by atoms with E-state index in [1.165, 1.54) is 122 Å². The lowest BCUT2D eigenvalue weighted by molar-refractivity contribution is -0.166. The van der Waals surface area contributed by atoms with E-state index in [1.54, 1.807) is 6.08 Å². The Bertz CT molecular complexity index is 1550. The molecule has 0 rings (SSSR count). The Balaban J connectivity index is 4.35. The van der Waals surface area contributed by atoms with E-state index in [4.69, 9.17) is 14.2 Å². The number of ether oxygens (including phenoxy) is 3. The van der Waals surface area contributed by atoms with E-state index < -0.39 is 12.1 Å². The molecule has 0 bridgehead atoms. The Kier molecular flexibility index (Phi) is 57.9. The fourth-order valence-corrected chi connectivity index (χ4v) is 8.21. The number of hydrogen-bond acceptors (Lipinski definition) is 6. The van der Waals surface area contributed by atoms with Gasteiger partial charge in [0.05, 0.1) is 6.42 Å². The Hall–Kier alpha value is -4.19. The summed E-state index contributed by atoms with van der Waals surface area (Å²) < 4.78 is 16.8. The minimum atomic E-state index is -0.838. The second-order valence-corrected chi connectivity index (χ2v) is 19.9. The van der Waals surface area contributed by atoms with Crippen LogP contribution >= 0.6 is 0 Å². The van der Waals surface area contributed by atoms with Crippen molar-refractivity contribution in [1.29, 1.82) is 0 Å². The van der Waals surface area contributed by atoms with E-state index in [9.17, 15) is 14.4 Å². The topological polar surface area (TPSA) is 78.9 Å². The number of allylic oxidation sites excluding steroid dienone is 19. The predicted molar refractivity (Wildman–Crippen MR) is 320 cm³/mol. The van der Waals surface area contributed by atoms with E-state index >= 15 is 0 Å². The number of rotatable bonds is 54. The normalized spacial score (nSPS) is 13.0. The summed E-state index contributed by atoms with van der Waals surface area (Å²) in [5, 5.41) is 0. The molecule has 0 saturated carbocycles. The molecular weight excluding hydrogens is 913 g/mol. The van der Waals surface area contributed by atoms with Crippen LogP contribution in [0.15, 0.2) is 122 Å². The van der Waals surface area contributed by atoms with Crippen molar-refractivity contribution in [2.24, 2.45) is 0 Å². The third kappa shape index (κ3) is 58.7. The molecular formula is C68H112O6. The van der Waals surface area contributed by atoms with Crippen molar-refractivity contribution < 1.29 is 28.6 Å². The average molecular weight is 1030 g/mol. The largest absolute Gasteiger partial charge is 0.462 e. The molecule has 0 heterocycles. The van der Waals surface area contributed by atoms with Gasteiger partial charge in [-0.25, -0.2) is 0 Å². The lowest BCUT2D eigenvalue weighted by Gasteiger charge is -2.18. The number of hydrogen-bond donors (Lipinski definition) is 0. The maximum absolute atomic E-state index is 12.8. The van der Waals surface area contributed by atoms with Crippen molar-refractivity contribution >= 4 is 17.9 Å². The molecule has 0 aromatic carbocycles. The Morgan fingerprint density at radius 1 is 0.297 bits per heavy atom. The van der Waals surface area contributed by atoms with E-state index in [2.05, 4.69) is 130 Å². The highest BCUT2D eigenvalue weighted by Crippen LogP contribution is 2.15. The van der Waals surface area contributed by atoms with E-state index in [0.29, 0.717) is 12.8 Å². The van der Waals surface area contributed by atoms with Crippen molar-refractivity contribution in [1.82, 2.24) is 0 Å². The van der Waals surface area contributed by atoms with Crippen LogP contribution in [0.1, 0.15) is 271 Å². The molecule has 74 heavy (non-hydrogen) atoms. The summed E-state index contributed by atoms with van der Waals surface area (Å²) in [7, 11) is 0. The van der Waals surface area contributed by atoms with Crippen LogP contribution < -0.4 is 0 Å². The highest BCUT2D eigenvalue weighted by atomic mass is 16.6. The van der Waals surface area contributed by atoms with Crippen LogP contribution in [0.4, 0.5) is 0 Å². The van der Waals surface area contributed by atoms with Crippen molar-refractivity contribution in [3.05, 3.63) is 122 Å². The minimum absolute atomic E-state index is 0.0926. The van der Waals surface area contributed by atoms with Crippen LogP contribution in [-0.2, 0) is 28.6 Å². The van der Waals surface area contributed by atoms with Gasteiger partial charge in [0.2, 0.25) is 0 Å². The summed E-state index contributed by atoms with van der Waals surface area (Å²) in [6.45, 7) is 6.32. The molecule has 1 atom stereocenters. The second kappa shape index (κ2) is 61.4. The van der Waals surface area contributed by atoms with Crippen LogP contribution in [-0.4, -0.2) is 37.2 Å². The quantitative estimate of drug-likeness (QED) is 0.0261. The first-order valence-corrected chi connectivity index (χ1v) is 30.5. The Labute approximate surface area is 456 Å². The fourth-order valence-electron chi connectivity index (χ4n) is 8.21. The fraction of sp³-hybridized carbons (Fsp3) is 0.662. The van der Waals surface area contributed by atoms with Gasteiger partial charge in [0.1, 0.15) is 13.2 Å². The van der Waals surface area contributed by atoms with Crippen LogP contribution in [0.2, 0.25) is 0 Å². The molecule has 0 aliphatic heterocycles. The zero-order valence-corrected chi connectivity index (χ0v) is 48.1. The molecule has 0 aromatic rings. The summed E-state index contributed by atoms with van der Waals surface area (Å²) >= 11 is 0. The first kappa shape index (κ1) is 69.8. The summed E-state index contributed by atoms with van der Waals surface area (Å²) in [4.78, 5) is 38.1. The Morgan fingerprint density at radius 3 is 0.905 bits per heavy atom. The van der Waals surface area contributed by atoms with Gasteiger partial charge in [0.15, 0.2) is 6.10 Å². The second-order valence-electron chi connectivity index (χ2n) is 19.9. The van der Waals surface area contributed by atoms with Gasteiger partial charge < -0.3 is 14.2 Å². The molecule has 6 nitrogen and oxygen atoms in total. The molecule has 1 unspecified atom stereocenters. The van der Waals surface area contributed by atoms with Gasteiger partial charge in [-0.1, -0.05) is 264 Å². The van der Waals surface area contributed by atoms with Gasteiger partial charge in [-0.3, -0.25) is 14.4 Å². The third-order valence-electron chi connectivity index (χ3n) is 12.7. The number of unbranched alkanes of at least 4 members (excludes halogenated alkanes) is 24.